The number of hydrogen-bond acceptors (Lipinski definition) is 5. The Balaban J connectivity index is 1.29. The molecule has 4 aromatic rings. The van der Waals surface area contributed by atoms with E-state index in [-0.39, 0.29) is 19.3 Å². The monoisotopic (exact) mass is 437 g/mol. The van der Waals surface area contributed by atoms with Crippen LogP contribution in [-0.2, 0) is 0 Å². The smallest absolute Gasteiger partial charge is 0.128 e. The van der Waals surface area contributed by atoms with Crippen molar-refractivity contribution in [2.24, 2.45) is 0 Å². The summed E-state index contributed by atoms with van der Waals surface area (Å²) in [5, 5.41) is 23.1. The Morgan fingerprint density at radius 2 is 1.22 bits per heavy atom. The van der Waals surface area contributed by atoms with Crippen molar-refractivity contribution in [3.63, 3.8) is 0 Å². The molecule has 2 aromatic carbocycles. The zero-order valence-corrected chi connectivity index (χ0v) is 18.5. The van der Waals surface area contributed by atoms with Gasteiger partial charge in [-0.2, -0.15) is 0 Å². The van der Waals surface area contributed by atoms with Crippen LogP contribution in [0.3, 0.4) is 0 Å². The van der Waals surface area contributed by atoms with E-state index < -0.39 is 12.2 Å². The number of aliphatic hydroxyl groups excluding tert-OH is 2. The number of hydrogen-bond donors (Lipinski definition) is 4. The number of benzene rings is 2. The number of nitrogens with one attached hydrogen (secondary N) is 2. The standard InChI is InChI=1S/C25H31N3O4/c1-17(2)28(13-18(29)15-31-24-7-3-5-22-20(24)9-11-26-22)14-19(30)16-32-25-8-4-6-23-21(25)10-12-27-23/h3-12,17-19,26-27,29-30H,13-16H2,1-2H3/t18-,19-/m0/s1. The number of aromatic amines is 2. The third-order valence-corrected chi connectivity index (χ3v) is 5.59. The van der Waals surface area contributed by atoms with Crippen molar-refractivity contribution in [2.45, 2.75) is 32.1 Å². The van der Waals surface area contributed by atoms with Gasteiger partial charge in [0.25, 0.3) is 0 Å². The van der Waals surface area contributed by atoms with Gasteiger partial charge in [0.15, 0.2) is 0 Å². The normalized spacial score (nSPS) is 13.8. The predicted octanol–water partition coefficient (Wildman–Crippen LogP) is 3.54. The third kappa shape index (κ3) is 5.24. The number of rotatable bonds is 11. The molecular weight excluding hydrogens is 406 g/mol. The molecule has 0 unspecified atom stereocenters. The molecule has 170 valence electrons. The van der Waals surface area contributed by atoms with Crippen molar-refractivity contribution < 1.29 is 19.7 Å². The van der Waals surface area contributed by atoms with E-state index in [1.165, 1.54) is 0 Å². The molecule has 0 saturated carbocycles. The lowest BCUT2D eigenvalue weighted by Crippen LogP contribution is -2.45. The molecule has 0 aliphatic rings. The van der Waals surface area contributed by atoms with Crippen LogP contribution in [0.1, 0.15) is 13.8 Å². The fraction of sp³-hybridized carbons (Fsp3) is 0.360. The van der Waals surface area contributed by atoms with Crippen LogP contribution < -0.4 is 9.47 Å². The molecule has 0 fully saturated rings. The molecule has 0 radical (unpaired) electrons. The number of H-pyrrole nitrogens is 2. The number of ether oxygens (including phenoxy) is 2. The van der Waals surface area contributed by atoms with Crippen LogP contribution in [-0.4, -0.2) is 69.6 Å². The van der Waals surface area contributed by atoms with Gasteiger partial charge in [-0.1, -0.05) is 12.1 Å². The maximum Gasteiger partial charge on any atom is 0.128 e. The third-order valence-electron chi connectivity index (χ3n) is 5.59. The van der Waals surface area contributed by atoms with Gasteiger partial charge >= 0.3 is 0 Å². The Morgan fingerprint density at radius 1 is 0.750 bits per heavy atom. The lowest BCUT2D eigenvalue weighted by Gasteiger charge is -2.30. The van der Waals surface area contributed by atoms with Crippen LogP contribution in [0, 0.1) is 0 Å². The van der Waals surface area contributed by atoms with Crippen LogP contribution in [0.2, 0.25) is 0 Å². The molecule has 2 aromatic heterocycles. The highest BCUT2D eigenvalue weighted by Crippen LogP contribution is 2.25. The summed E-state index contributed by atoms with van der Waals surface area (Å²) in [4.78, 5) is 8.35. The topological polar surface area (TPSA) is 93.7 Å². The minimum atomic E-state index is -0.687. The van der Waals surface area contributed by atoms with E-state index in [2.05, 4.69) is 9.97 Å². The molecule has 7 heteroatoms. The van der Waals surface area contributed by atoms with Crippen molar-refractivity contribution in [2.75, 3.05) is 26.3 Å². The summed E-state index contributed by atoms with van der Waals surface area (Å²) in [5.74, 6) is 1.48. The highest BCUT2D eigenvalue weighted by Gasteiger charge is 2.20. The summed E-state index contributed by atoms with van der Waals surface area (Å²) < 4.78 is 11.8. The van der Waals surface area contributed by atoms with Gasteiger partial charge in [-0.05, 0) is 50.2 Å². The SMILES string of the molecule is CC(C)N(C[C@H](O)COc1cccc2[nH]ccc12)C[C@H](O)COc1cccc2[nH]ccc12. The minimum absolute atomic E-state index is 0.153. The second kappa shape index (κ2) is 10.1. The first kappa shape index (κ1) is 22.2. The second-order valence-electron chi connectivity index (χ2n) is 8.37. The lowest BCUT2D eigenvalue weighted by atomic mass is 10.2. The Hall–Kier alpha value is -3.00. The number of aliphatic hydroxyl groups is 2. The molecule has 7 nitrogen and oxygen atoms in total. The van der Waals surface area contributed by atoms with Gasteiger partial charge in [0.1, 0.15) is 36.9 Å². The molecule has 4 N–H and O–H groups in total. The van der Waals surface area contributed by atoms with Gasteiger partial charge in [-0.3, -0.25) is 4.90 Å². The molecular formula is C25H31N3O4. The first-order chi connectivity index (χ1) is 15.5. The van der Waals surface area contributed by atoms with Crippen molar-refractivity contribution in [1.29, 1.82) is 0 Å². The Labute approximate surface area is 187 Å². The van der Waals surface area contributed by atoms with Crippen LogP contribution >= 0.6 is 0 Å². The maximum absolute atomic E-state index is 10.6. The van der Waals surface area contributed by atoms with Crippen molar-refractivity contribution in [3.05, 3.63) is 60.9 Å². The summed E-state index contributed by atoms with van der Waals surface area (Å²) in [5.41, 5.74) is 2.00. The van der Waals surface area contributed by atoms with Gasteiger partial charge < -0.3 is 29.7 Å². The van der Waals surface area contributed by atoms with Crippen LogP contribution in [0.5, 0.6) is 11.5 Å². The van der Waals surface area contributed by atoms with Gasteiger partial charge in [-0.15, -0.1) is 0 Å². The maximum atomic E-state index is 10.6. The average molecular weight is 438 g/mol. The molecule has 4 rings (SSSR count). The Morgan fingerprint density at radius 3 is 1.66 bits per heavy atom. The number of fused-ring (bicyclic) bond motifs is 2. The highest BCUT2D eigenvalue weighted by atomic mass is 16.5. The molecule has 32 heavy (non-hydrogen) atoms. The summed E-state index contributed by atoms with van der Waals surface area (Å²) in [6, 6.07) is 15.7. The fourth-order valence-electron chi connectivity index (χ4n) is 3.88. The van der Waals surface area contributed by atoms with Crippen molar-refractivity contribution in [3.8, 4) is 11.5 Å². The first-order valence-electron chi connectivity index (χ1n) is 11.0. The highest BCUT2D eigenvalue weighted by molar-refractivity contribution is 5.86. The molecule has 0 spiro atoms. The quantitative estimate of drug-likeness (QED) is 0.288. The van der Waals surface area contributed by atoms with Crippen LogP contribution in [0.25, 0.3) is 21.8 Å². The zero-order valence-electron chi connectivity index (χ0n) is 18.5. The van der Waals surface area contributed by atoms with E-state index in [1.807, 2.05) is 79.7 Å². The van der Waals surface area contributed by atoms with Crippen molar-refractivity contribution >= 4 is 21.8 Å². The molecule has 0 aliphatic heterocycles. The summed E-state index contributed by atoms with van der Waals surface area (Å²) in [6.07, 6.45) is 2.37. The van der Waals surface area contributed by atoms with Gasteiger partial charge in [0, 0.05) is 53.3 Å². The van der Waals surface area contributed by atoms with E-state index >= 15 is 0 Å². The Kier molecular flexibility index (Phi) is 6.99. The van der Waals surface area contributed by atoms with E-state index in [0.717, 1.165) is 33.3 Å². The van der Waals surface area contributed by atoms with E-state index in [4.69, 9.17) is 9.47 Å². The van der Waals surface area contributed by atoms with E-state index in [9.17, 15) is 10.2 Å². The zero-order chi connectivity index (χ0) is 22.5. The van der Waals surface area contributed by atoms with E-state index in [0.29, 0.717) is 13.1 Å². The second-order valence-corrected chi connectivity index (χ2v) is 8.37. The summed E-state index contributed by atoms with van der Waals surface area (Å²) >= 11 is 0. The fourth-order valence-corrected chi connectivity index (χ4v) is 3.88. The van der Waals surface area contributed by atoms with Crippen molar-refractivity contribution in [1.82, 2.24) is 14.9 Å². The van der Waals surface area contributed by atoms with Gasteiger partial charge in [0.05, 0.1) is 0 Å². The number of nitrogens with zero attached hydrogens (tertiary/aromatic N) is 1. The molecule has 0 aliphatic carbocycles. The predicted molar refractivity (Wildman–Crippen MR) is 126 cm³/mol. The van der Waals surface area contributed by atoms with E-state index in [1.54, 1.807) is 0 Å². The minimum Gasteiger partial charge on any atom is -0.490 e. The molecule has 0 amide bonds. The van der Waals surface area contributed by atoms with Crippen LogP contribution in [0.4, 0.5) is 0 Å². The molecule has 2 heterocycles. The lowest BCUT2D eigenvalue weighted by molar-refractivity contribution is 0.0200. The number of aromatic nitrogens is 2. The van der Waals surface area contributed by atoms with Gasteiger partial charge in [-0.25, -0.2) is 0 Å². The Bertz CT molecular complexity index is 1050. The first-order valence-corrected chi connectivity index (χ1v) is 11.0. The largest absolute Gasteiger partial charge is 0.490 e. The van der Waals surface area contributed by atoms with Crippen LogP contribution in [0.15, 0.2) is 60.9 Å². The molecule has 0 saturated heterocycles. The molecule has 2 atom stereocenters. The summed E-state index contributed by atoms with van der Waals surface area (Å²) in [7, 11) is 0. The summed E-state index contributed by atoms with van der Waals surface area (Å²) in [6.45, 7) is 5.23. The molecule has 0 bridgehead atoms. The van der Waals surface area contributed by atoms with Gasteiger partial charge in [0.2, 0.25) is 0 Å². The average Bonchev–Trinajstić information content (AvgIpc) is 3.45.